The molecule has 5 nitrogen and oxygen atoms in total. The predicted molar refractivity (Wildman–Crippen MR) is 83.9 cm³/mol. The Morgan fingerprint density at radius 3 is 2.60 bits per heavy atom. The molecule has 1 aromatic heterocycles. The molecule has 5 heteroatoms. The van der Waals surface area contributed by atoms with Gasteiger partial charge < -0.3 is 11.1 Å². The van der Waals surface area contributed by atoms with Gasteiger partial charge in [0, 0.05) is 30.1 Å². The molecular weight excluding hydrogens is 250 g/mol. The maximum absolute atomic E-state index is 5.88. The molecular formula is C15H27N5. The minimum absolute atomic E-state index is 0.0950. The van der Waals surface area contributed by atoms with Gasteiger partial charge in [0.1, 0.15) is 17.5 Å². The Kier molecular flexibility index (Phi) is 4.18. The quantitative estimate of drug-likeness (QED) is 0.864. The standard InChI is InChI=1S/C15H27N5/c1-10(20(5)11-6-7-11)9-17-13-8-12(16)18-14(19-13)15(2,3)4/h8,10-11H,6-7,9H2,1-5H3,(H3,16,17,18,19). The first-order chi connectivity index (χ1) is 9.27. The fraction of sp³-hybridized carbons (Fsp3) is 0.733. The highest BCUT2D eigenvalue weighted by Crippen LogP contribution is 2.27. The van der Waals surface area contributed by atoms with Crippen LogP contribution in [0.1, 0.15) is 46.4 Å². The molecule has 0 spiro atoms. The molecule has 3 N–H and O–H groups in total. The maximum atomic E-state index is 5.88. The van der Waals surface area contributed by atoms with Gasteiger partial charge in [-0.1, -0.05) is 20.8 Å². The summed E-state index contributed by atoms with van der Waals surface area (Å²) in [5.41, 5.74) is 5.78. The molecule has 112 valence electrons. The second-order valence-corrected chi connectivity index (χ2v) is 6.88. The molecule has 0 amide bonds. The van der Waals surface area contributed by atoms with E-state index in [0.29, 0.717) is 11.9 Å². The normalized spacial score (nSPS) is 17.3. The zero-order chi connectivity index (χ0) is 14.9. The van der Waals surface area contributed by atoms with Gasteiger partial charge in [-0.25, -0.2) is 9.97 Å². The third kappa shape index (κ3) is 3.82. The van der Waals surface area contributed by atoms with Crippen molar-refractivity contribution >= 4 is 11.6 Å². The molecule has 0 saturated heterocycles. The SMILES string of the molecule is CC(CNc1cc(N)nc(C(C)(C)C)n1)N(C)C1CC1. The van der Waals surface area contributed by atoms with E-state index in [1.807, 2.05) is 0 Å². The number of nitrogen functional groups attached to an aromatic ring is 1. The molecule has 0 radical (unpaired) electrons. The van der Waals surface area contributed by atoms with E-state index in [-0.39, 0.29) is 5.41 Å². The predicted octanol–water partition coefficient (Wildman–Crippen LogP) is 2.25. The van der Waals surface area contributed by atoms with E-state index in [1.165, 1.54) is 12.8 Å². The zero-order valence-electron chi connectivity index (χ0n) is 13.3. The van der Waals surface area contributed by atoms with Gasteiger partial charge in [-0.3, -0.25) is 4.90 Å². The number of nitrogens with one attached hydrogen (secondary N) is 1. The largest absolute Gasteiger partial charge is 0.384 e. The van der Waals surface area contributed by atoms with E-state index in [9.17, 15) is 0 Å². The van der Waals surface area contributed by atoms with Crippen LogP contribution in [0, 0.1) is 0 Å². The lowest BCUT2D eigenvalue weighted by Crippen LogP contribution is -2.36. The minimum atomic E-state index is -0.0950. The molecule has 1 atom stereocenters. The molecule has 1 saturated carbocycles. The molecule has 1 aliphatic rings. The number of nitrogens with two attached hydrogens (primary N) is 1. The molecule has 1 fully saturated rings. The maximum Gasteiger partial charge on any atom is 0.138 e. The highest BCUT2D eigenvalue weighted by atomic mass is 15.2. The van der Waals surface area contributed by atoms with Crippen LogP contribution in [0.4, 0.5) is 11.6 Å². The van der Waals surface area contributed by atoms with Crippen molar-refractivity contribution in [1.82, 2.24) is 14.9 Å². The summed E-state index contributed by atoms with van der Waals surface area (Å²) in [4.78, 5) is 11.3. The Hall–Kier alpha value is -1.36. The summed E-state index contributed by atoms with van der Waals surface area (Å²) in [6.07, 6.45) is 2.66. The second-order valence-electron chi connectivity index (χ2n) is 6.88. The van der Waals surface area contributed by atoms with Gasteiger partial charge >= 0.3 is 0 Å². The second kappa shape index (κ2) is 5.56. The first-order valence-corrected chi connectivity index (χ1v) is 7.38. The monoisotopic (exact) mass is 277 g/mol. The summed E-state index contributed by atoms with van der Waals surface area (Å²) in [5.74, 6) is 2.12. The Morgan fingerprint density at radius 1 is 1.40 bits per heavy atom. The summed E-state index contributed by atoms with van der Waals surface area (Å²) in [5, 5.41) is 3.39. The van der Waals surface area contributed by atoms with E-state index >= 15 is 0 Å². The van der Waals surface area contributed by atoms with Crippen molar-refractivity contribution in [3.05, 3.63) is 11.9 Å². The summed E-state index contributed by atoms with van der Waals surface area (Å²) < 4.78 is 0. The summed E-state index contributed by atoms with van der Waals surface area (Å²) in [6, 6.07) is 3.06. The van der Waals surface area contributed by atoms with Gasteiger partial charge in [0.2, 0.25) is 0 Å². The van der Waals surface area contributed by atoms with E-state index in [0.717, 1.165) is 24.2 Å². The molecule has 0 aliphatic heterocycles. The van der Waals surface area contributed by atoms with Gasteiger partial charge in [0.05, 0.1) is 0 Å². The number of rotatable bonds is 5. The third-order valence-corrected chi connectivity index (χ3v) is 3.81. The van der Waals surface area contributed by atoms with E-state index in [2.05, 4.69) is 54.9 Å². The van der Waals surface area contributed by atoms with Crippen molar-refractivity contribution in [2.75, 3.05) is 24.6 Å². The van der Waals surface area contributed by atoms with E-state index < -0.39 is 0 Å². The summed E-state index contributed by atoms with van der Waals surface area (Å²) in [6.45, 7) is 9.38. The first-order valence-electron chi connectivity index (χ1n) is 7.38. The van der Waals surface area contributed by atoms with Crippen LogP contribution >= 0.6 is 0 Å². The van der Waals surface area contributed by atoms with Crippen LogP contribution in [0.3, 0.4) is 0 Å². The smallest absolute Gasteiger partial charge is 0.138 e. The lowest BCUT2D eigenvalue weighted by Gasteiger charge is -2.25. The molecule has 1 heterocycles. The fourth-order valence-corrected chi connectivity index (χ4v) is 2.13. The lowest BCUT2D eigenvalue weighted by molar-refractivity contribution is 0.257. The van der Waals surface area contributed by atoms with Crippen molar-refractivity contribution in [2.45, 2.75) is 58.0 Å². The van der Waals surface area contributed by atoms with Crippen LogP contribution in [-0.4, -0.2) is 40.5 Å². The van der Waals surface area contributed by atoms with Crippen LogP contribution in [0.25, 0.3) is 0 Å². The molecule has 0 bridgehead atoms. The van der Waals surface area contributed by atoms with Gasteiger partial charge in [0.25, 0.3) is 0 Å². The number of likely N-dealkylation sites (N-methyl/N-ethyl adjacent to an activating group) is 1. The van der Waals surface area contributed by atoms with Crippen LogP contribution in [0.2, 0.25) is 0 Å². The van der Waals surface area contributed by atoms with Gasteiger partial charge in [-0.05, 0) is 26.8 Å². The van der Waals surface area contributed by atoms with E-state index in [4.69, 9.17) is 5.73 Å². The van der Waals surface area contributed by atoms with Crippen molar-refractivity contribution in [2.24, 2.45) is 0 Å². The van der Waals surface area contributed by atoms with Crippen LogP contribution in [0.5, 0.6) is 0 Å². The van der Waals surface area contributed by atoms with Crippen LogP contribution in [-0.2, 0) is 5.41 Å². The Bertz CT molecular complexity index is 462. The number of hydrogen-bond acceptors (Lipinski definition) is 5. The van der Waals surface area contributed by atoms with Crippen LogP contribution in [0.15, 0.2) is 6.07 Å². The summed E-state index contributed by atoms with van der Waals surface area (Å²) >= 11 is 0. The van der Waals surface area contributed by atoms with E-state index in [1.54, 1.807) is 6.07 Å². The lowest BCUT2D eigenvalue weighted by atomic mass is 9.96. The fourth-order valence-electron chi connectivity index (χ4n) is 2.13. The Morgan fingerprint density at radius 2 is 2.05 bits per heavy atom. The molecule has 1 unspecified atom stereocenters. The van der Waals surface area contributed by atoms with Gasteiger partial charge in [-0.15, -0.1) is 0 Å². The molecule has 1 aromatic rings. The number of hydrogen-bond donors (Lipinski definition) is 2. The highest BCUT2D eigenvalue weighted by molar-refractivity contribution is 5.45. The van der Waals surface area contributed by atoms with Gasteiger partial charge in [-0.2, -0.15) is 0 Å². The van der Waals surface area contributed by atoms with Crippen LogP contribution < -0.4 is 11.1 Å². The van der Waals surface area contributed by atoms with Crippen molar-refractivity contribution in [3.63, 3.8) is 0 Å². The number of nitrogens with zero attached hydrogens (tertiary/aromatic N) is 3. The Labute approximate surface area is 122 Å². The minimum Gasteiger partial charge on any atom is -0.384 e. The molecule has 20 heavy (non-hydrogen) atoms. The molecule has 0 aromatic carbocycles. The third-order valence-electron chi connectivity index (χ3n) is 3.81. The highest BCUT2D eigenvalue weighted by Gasteiger charge is 2.29. The van der Waals surface area contributed by atoms with Crippen molar-refractivity contribution < 1.29 is 0 Å². The average Bonchev–Trinajstić information content (AvgIpc) is 3.17. The topological polar surface area (TPSA) is 67.1 Å². The molecule has 1 aliphatic carbocycles. The first kappa shape index (κ1) is 15.0. The number of aromatic nitrogens is 2. The van der Waals surface area contributed by atoms with Crippen molar-refractivity contribution in [1.29, 1.82) is 0 Å². The number of anilines is 2. The molecule has 2 rings (SSSR count). The van der Waals surface area contributed by atoms with Crippen molar-refractivity contribution in [3.8, 4) is 0 Å². The van der Waals surface area contributed by atoms with Gasteiger partial charge in [0.15, 0.2) is 0 Å². The Balaban J connectivity index is 2.00. The zero-order valence-corrected chi connectivity index (χ0v) is 13.3. The summed E-state index contributed by atoms with van der Waals surface area (Å²) in [7, 11) is 2.19. The average molecular weight is 277 g/mol.